The van der Waals surface area contributed by atoms with Crippen molar-refractivity contribution in [3.63, 3.8) is 0 Å². The molecule has 0 aromatic heterocycles. The van der Waals surface area contributed by atoms with E-state index in [2.05, 4.69) is 12.2 Å². The summed E-state index contributed by atoms with van der Waals surface area (Å²) in [5.74, 6) is 2.99. The van der Waals surface area contributed by atoms with Crippen molar-refractivity contribution in [1.29, 1.82) is 0 Å². The highest BCUT2D eigenvalue weighted by Gasteiger charge is 2.66. The highest BCUT2D eigenvalue weighted by molar-refractivity contribution is 6.31. The van der Waals surface area contributed by atoms with Crippen LogP contribution in [0.1, 0.15) is 0 Å². The van der Waals surface area contributed by atoms with Crippen LogP contribution in [0, 0.1) is 23.7 Å². The second kappa shape index (κ2) is 1.56. The fraction of sp³-hybridized carbons (Fsp3) is 0.750. The smallest absolute Gasteiger partial charge is 0.0568 e. The van der Waals surface area contributed by atoms with Gasteiger partial charge >= 0.3 is 0 Å². The lowest BCUT2D eigenvalue weighted by Crippen LogP contribution is -2.18. The molecule has 0 radical (unpaired) electrons. The molecule has 0 amide bonds. The molecule has 0 unspecified atom stereocenters. The van der Waals surface area contributed by atoms with Crippen LogP contribution < -0.4 is 0 Å². The largest absolute Gasteiger partial charge is 0.121 e. The zero-order valence-corrected chi connectivity index (χ0v) is 6.89. The number of hydrogen-bond acceptors (Lipinski definition) is 0. The number of allylic oxidation sites excluding steroid dienone is 2. The van der Waals surface area contributed by atoms with E-state index in [1.54, 1.807) is 0 Å². The highest BCUT2D eigenvalue weighted by Crippen LogP contribution is 2.67. The third kappa shape index (κ3) is 0.454. The summed E-state index contributed by atoms with van der Waals surface area (Å²) in [4.78, 5) is 0. The molecule has 0 nitrogen and oxygen atoms in total. The molecule has 0 spiro atoms. The van der Waals surface area contributed by atoms with E-state index < -0.39 is 0 Å². The lowest BCUT2D eigenvalue weighted by molar-refractivity contribution is 0.597. The molecule has 2 saturated carbocycles. The van der Waals surface area contributed by atoms with Gasteiger partial charge in [0.2, 0.25) is 0 Å². The van der Waals surface area contributed by atoms with Crippen molar-refractivity contribution in [2.24, 2.45) is 23.7 Å². The molecule has 3 aliphatic rings. The molecule has 6 atom stereocenters. The Morgan fingerprint density at radius 3 is 2.10 bits per heavy atom. The Labute approximate surface area is 70.2 Å². The fourth-order valence-corrected chi connectivity index (χ4v) is 3.63. The van der Waals surface area contributed by atoms with Crippen LogP contribution in [0.15, 0.2) is 12.2 Å². The zero-order valence-electron chi connectivity index (χ0n) is 5.37. The first kappa shape index (κ1) is 5.91. The lowest BCUT2D eigenvalue weighted by Gasteiger charge is -2.12. The van der Waals surface area contributed by atoms with Crippen molar-refractivity contribution >= 4 is 23.2 Å². The van der Waals surface area contributed by atoms with Gasteiger partial charge in [0.25, 0.3) is 0 Å². The first-order valence-corrected chi connectivity index (χ1v) is 4.64. The van der Waals surface area contributed by atoms with Crippen molar-refractivity contribution < 1.29 is 0 Å². The summed E-state index contributed by atoms with van der Waals surface area (Å²) < 4.78 is 0. The standard InChI is InChI=1S/C8H8Cl2/c9-7-4-2-1-3-5(4)6(3)8(7)10/h1-8H/t3-,4+,5-,6-,7+,8+/m0/s1. The van der Waals surface area contributed by atoms with E-state index in [0.717, 1.165) is 17.8 Å². The zero-order chi connectivity index (χ0) is 6.88. The summed E-state index contributed by atoms with van der Waals surface area (Å²) in [7, 11) is 0. The molecule has 2 heteroatoms. The van der Waals surface area contributed by atoms with Crippen molar-refractivity contribution in [3.05, 3.63) is 12.2 Å². The Kier molecular flexibility index (Phi) is 0.923. The monoisotopic (exact) mass is 174 g/mol. The Morgan fingerprint density at radius 2 is 1.50 bits per heavy atom. The van der Waals surface area contributed by atoms with Gasteiger partial charge in [0.05, 0.1) is 10.8 Å². The maximum atomic E-state index is 6.11. The van der Waals surface area contributed by atoms with Crippen LogP contribution in [0.5, 0.6) is 0 Å². The number of rotatable bonds is 0. The third-order valence-corrected chi connectivity index (χ3v) is 4.49. The van der Waals surface area contributed by atoms with E-state index in [9.17, 15) is 0 Å². The van der Waals surface area contributed by atoms with Gasteiger partial charge in [-0.25, -0.2) is 0 Å². The molecule has 0 aromatic carbocycles. The van der Waals surface area contributed by atoms with Crippen LogP contribution in [0.4, 0.5) is 0 Å². The summed E-state index contributed by atoms with van der Waals surface area (Å²) in [6.07, 6.45) is 4.56. The first-order valence-electron chi connectivity index (χ1n) is 3.77. The topological polar surface area (TPSA) is 0 Å². The Balaban J connectivity index is 2.03. The molecule has 3 aliphatic carbocycles. The van der Waals surface area contributed by atoms with Gasteiger partial charge in [-0.2, -0.15) is 0 Å². The quantitative estimate of drug-likeness (QED) is 0.391. The van der Waals surface area contributed by atoms with Crippen LogP contribution in [0.25, 0.3) is 0 Å². The number of halogens is 2. The molecule has 0 aliphatic heterocycles. The minimum Gasteiger partial charge on any atom is -0.121 e. The minimum absolute atomic E-state index is 0.215. The Morgan fingerprint density at radius 1 is 0.800 bits per heavy atom. The average molecular weight is 175 g/mol. The SMILES string of the molecule is Cl[C@H]1[C@H](Cl)[C@H]2[C@H]3C=C[C@@H]1[C@H]32. The van der Waals surface area contributed by atoms with E-state index in [1.165, 1.54) is 0 Å². The second-order valence-electron chi connectivity index (χ2n) is 3.58. The fourth-order valence-electron chi connectivity index (χ4n) is 2.71. The van der Waals surface area contributed by atoms with E-state index >= 15 is 0 Å². The predicted molar refractivity (Wildman–Crippen MR) is 42.4 cm³/mol. The van der Waals surface area contributed by atoms with Crippen molar-refractivity contribution in [2.75, 3.05) is 0 Å². The molecular formula is C8H8Cl2. The normalized spacial score (nSPS) is 68.6. The number of alkyl halides is 2. The Hall–Kier alpha value is 0.320. The van der Waals surface area contributed by atoms with Gasteiger partial charge in [-0.3, -0.25) is 0 Å². The summed E-state index contributed by atoms with van der Waals surface area (Å²) in [6.45, 7) is 0. The first-order chi connectivity index (χ1) is 4.80. The number of hydrogen-bond donors (Lipinski definition) is 0. The van der Waals surface area contributed by atoms with Crippen LogP contribution in [-0.4, -0.2) is 10.8 Å². The van der Waals surface area contributed by atoms with Crippen molar-refractivity contribution in [1.82, 2.24) is 0 Å². The minimum atomic E-state index is 0.215. The van der Waals surface area contributed by atoms with Crippen LogP contribution in [0.2, 0.25) is 0 Å². The maximum absolute atomic E-state index is 6.11. The molecule has 0 bridgehead atoms. The molecule has 10 heavy (non-hydrogen) atoms. The van der Waals surface area contributed by atoms with Gasteiger partial charge in [-0.1, -0.05) is 12.2 Å². The van der Waals surface area contributed by atoms with Gasteiger partial charge in [0.1, 0.15) is 0 Å². The lowest BCUT2D eigenvalue weighted by atomic mass is 10.1. The summed E-state index contributed by atoms with van der Waals surface area (Å²) in [5, 5.41) is 0.461. The van der Waals surface area contributed by atoms with E-state index in [0.29, 0.717) is 5.92 Å². The predicted octanol–water partition coefficient (Wildman–Crippen LogP) is 2.26. The van der Waals surface area contributed by atoms with E-state index in [4.69, 9.17) is 23.2 Å². The average Bonchev–Trinajstić information content (AvgIpc) is 2.43. The van der Waals surface area contributed by atoms with E-state index in [1.807, 2.05) is 0 Å². The third-order valence-electron chi connectivity index (χ3n) is 3.23. The maximum Gasteiger partial charge on any atom is 0.0568 e. The number of fused-ring (bicyclic) bond motifs is 1. The summed E-state index contributed by atoms with van der Waals surface area (Å²) >= 11 is 12.2. The van der Waals surface area contributed by atoms with Crippen LogP contribution in [0.3, 0.4) is 0 Å². The van der Waals surface area contributed by atoms with Crippen LogP contribution in [-0.2, 0) is 0 Å². The molecule has 54 valence electrons. The molecule has 2 fully saturated rings. The van der Waals surface area contributed by atoms with Gasteiger partial charge in [0, 0.05) is 0 Å². The van der Waals surface area contributed by atoms with Gasteiger partial charge in [-0.15, -0.1) is 23.2 Å². The molecule has 0 heterocycles. The Bertz CT molecular complexity index is 207. The van der Waals surface area contributed by atoms with Crippen molar-refractivity contribution in [3.8, 4) is 0 Å². The van der Waals surface area contributed by atoms with E-state index in [-0.39, 0.29) is 10.8 Å². The molecule has 0 aromatic rings. The molecule has 0 N–H and O–H groups in total. The second-order valence-corrected chi connectivity index (χ2v) is 4.59. The van der Waals surface area contributed by atoms with Gasteiger partial charge < -0.3 is 0 Å². The van der Waals surface area contributed by atoms with Gasteiger partial charge in [-0.05, 0) is 23.7 Å². The highest BCUT2D eigenvalue weighted by atomic mass is 35.5. The molecule has 3 rings (SSSR count). The summed E-state index contributed by atoms with van der Waals surface area (Å²) in [6, 6.07) is 0. The summed E-state index contributed by atoms with van der Waals surface area (Å²) in [5.41, 5.74) is 0. The molecular weight excluding hydrogens is 167 g/mol. The molecule has 0 saturated heterocycles. The van der Waals surface area contributed by atoms with Crippen LogP contribution >= 0.6 is 23.2 Å². The van der Waals surface area contributed by atoms with Crippen molar-refractivity contribution in [2.45, 2.75) is 10.8 Å². The van der Waals surface area contributed by atoms with Gasteiger partial charge in [0.15, 0.2) is 0 Å².